The van der Waals surface area contributed by atoms with Gasteiger partial charge in [-0.3, -0.25) is 0 Å². The Morgan fingerprint density at radius 3 is 1.40 bits per heavy atom. The van der Waals surface area contributed by atoms with Crippen molar-refractivity contribution in [2.24, 2.45) is 0 Å². The SMILES string of the molecule is CCCCCC(F)C(F)(F)C(F)(F)C(F)(F)C(F)(F)C(F)(c1c(F)c(F)c(F)c(F)c1F)N(F)F. The summed E-state index contributed by atoms with van der Waals surface area (Å²) < 4.78 is 233. The molecule has 0 amide bonds. The molecule has 18 heteroatoms. The highest BCUT2D eigenvalue weighted by atomic mass is 19.4. The number of hydrogen-bond acceptors (Lipinski definition) is 1. The minimum absolute atomic E-state index is 0.137. The van der Waals surface area contributed by atoms with Gasteiger partial charge in [-0.25, -0.2) is 30.7 Å². The van der Waals surface area contributed by atoms with Crippen molar-refractivity contribution in [3.8, 4) is 0 Å². The van der Waals surface area contributed by atoms with E-state index in [-0.39, 0.29) is 12.8 Å². The molecule has 0 heterocycles. The third-order valence-corrected chi connectivity index (χ3v) is 4.85. The Balaban J connectivity index is 3.86. The van der Waals surface area contributed by atoms with E-state index in [1.165, 1.54) is 6.92 Å². The predicted octanol–water partition coefficient (Wildman–Crippen LogP) is 8.04. The van der Waals surface area contributed by atoms with Crippen LogP contribution in [0.4, 0.5) is 74.8 Å². The lowest BCUT2D eigenvalue weighted by molar-refractivity contribution is -0.442. The maximum atomic E-state index is 14.6. The molecule has 1 rings (SSSR count). The molecule has 1 aromatic carbocycles. The first-order valence-electron chi connectivity index (χ1n) is 9.08. The Bertz CT molecular complexity index is 885. The van der Waals surface area contributed by atoms with E-state index in [0.29, 0.717) is 0 Å². The predicted molar refractivity (Wildman–Crippen MR) is 81.9 cm³/mol. The van der Waals surface area contributed by atoms with Gasteiger partial charge in [0.05, 0.1) is 10.9 Å². The third-order valence-electron chi connectivity index (χ3n) is 4.85. The minimum Gasteiger partial charge on any atom is -0.241 e. The van der Waals surface area contributed by atoms with E-state index in [1.807, 2.05) is 0 Å². The number of rotatable bonds is 11. The lowest BCUT2D eigenvalue weighted by Gasteiger charge is -2.42. The topological polar surface area (TPSA) is 3.24 Å². The van der Waals surface area contributed by atoms with Crippen molar-refractivity contribution in [3.05, 3.63) is 34.6 Å². The summed E-state index contributed by atoms with van der Waals surface area (Å²) in [4.78, 5) is 0. The summed E-state index contributed by atoms with van der Waals surface area (Å²) in [6, 6.07) is 0. The van der Waals surface area contributed by atoms with E-state index in [1.54, 1.807) is 0 Å². The lowest BCUT2D eigenvalue weighted by atomic mass is 9.86. The van der Waals surface area contributed by atoms with Gasteiger partial charge in [-0.05, 0) is 6.42 Å². The average Bonchev–Trinajstić information content (AvgIpc) is 2.75. The third kappa shape index (κ3) is 4.39. The first kappa shape index (κ1) is 31.0. The molecule has 0 N–H and O–H groups in total. The molecule has 0 aliphatic heterocycles. The Kier molecular flexibility index (Phi) is 8.69. The monoisotopic (exact) mass is 553 g/mol. The second kappa shape index (κ2) is 9.80. The van der Waals surface area contributed by atoms with Gasteiger partial charge in [0.25, 0.3) is 0 Å². The van der Waals surface area contributed by atoms with Crippen LogP contribution in [-0.2, 0) is 5.79 Å². The van der Waals surface area contributed by atoms with E-state index < -0.39 is 88.5 Å². The molecule has 1 nitrogen and oxygen atoms in total. The highest BCUT2D eigenvalue weighted by molar-refractivity contribution is 5.32. The molecular weight excluding hydrogens is 541 g/mol. The van der Waals surface area contributed by atoms with Gasteiger partial charge in [0.2, 0.25) is 5.82 Å². The fourth-order valence-electron chi connectivity index (χ4n) is 2.81. The van der Waals surface area contributed by atoms with Crippen LogP contribution in [0.1, 0.15) is 38.2 Å². The van der Waals surface area contributed by atoms with E-state index >= 15 is 0 Å². The molecule has 0 aliphatic rings. The molecule has 0 fully saturated rings. The van der Waals surface area contributed by atoms with E-state index in [2.05, 4.69) is 0 Å². The Labute approximate surface area is 184 Å². The molecule has 0 spiro atoms. The van der Waals surface area contributed by atoms with Crippen molar-refractivity contribution in [3.63, 3.8) is 0 Å². The van der Waals surface area contributed by atoms with Crippen molar-refractivity contribution in [1.29, 1.82) is 0 Å². The standard InChI is InChI=1S/C17H12F17N/c1-2-3-4-5-6(18)13(24,25)15(27,28)17(31,32)16(29,30)14(26,35(33)34)7-8(19)10(21)12(23)11(22)9(7)20/h6H,2-5H2,1H3. The van der Waals surface area contributed by atoms with Crippen LogP contribution in [0.15, 0.2) is 0 Å². The van der Waals surface area contributed by atoms with Gasteiger partial charge in [-0.2, -0.15) is 35.1 Å². The molecule has 204 valence electrons. The second-order valence-electron chi connectivity index (χ2n) is 7.11. The molecule has 0 radical (unpaired) electrons. The molecule has 0 aliphatic carbocycles. The van der Waals surface area contributed by atoms with Crippen LogP contribution in [0, 0.1) is 29.1 Å². The smallest absolute Gasteiger partial charge is 0.241 e. The first-order chi connectivity index (χ1) is 15.6. The number of hydrogen-bond donors (Lipinski definition) is 0. The molecule has 35 heavy (non-hydrogen) atoms. The summed E-state index contributed by atoms with van der Waals surface area (Å²) >= 11 is 0. The van der Waals surface area contributed by atoms with E-state index in [9.17, 15) is 74.8 Å². The average molecular weight is 553 g/mol. The molecule has 0 aromatic heterocycles. The Morgan fingerprint density at radius 1 is 0.629 bits per heavy atom. The fourth-order valence-corrected chi connectivity index (χ4v) is 2.81. The number of unbranched alkanes of at least 4 members (excludes halogenated alkanes) is 2. The molecule has 0 saturated heterocycles. The highest BCUT2D eigenvalue weighted by Crippen LogP contribution is 2.61. The van der Waals surface area contributed by atoms with Gasteiger partial charge < -0.3 is 0 Å². The zero-order valence-corrected chi connectivity index (χ0v) is 16.8. The van der Waals surface area contributed by atoms with Gasteiger partial charge in [0.15, 0.2) is 29.4 Å². The van der Waals surface area contributed by atoms with Crippen molar-refractivity contribution >= 4 is 0 Å². The normalized spacial score (nSPS) is 16.5. The van der Waals surface area contributed by atoms with Gasteiger partial charge in [0.1, 0.15) is 0 Å². The molecule has 2 unspecified atom stereocenters. The van der Waals surface area contributed by atoms with Crippen LogP contribution >= 0.6 is 0 Å². The highest BCUT2D eigenvalue weighted by Gasteiger charge is 2.89. The van der Waals surface area contributed by atoms with Gasteiger partial charge in [-0.15, -0.1) is 0 Å². The Morgan fingerprint density at radius 2 is 1.03 bits per heavy atom. The molecule has 1 aromatic rings. The van der Waals surface area contributed by atoms with Crippen molar-refractivity contribution < 1.29 is 74.8 Å². The zero-order chi connectivity index (χ0) is 27.9. The van der Waals surface area contributed by atoms with E-state index in [4.69, 9.17) is 0 Å². The van der Waals surface area contributed by atoms with E-state index in [0.717, 1.165) is 0 Å². The fraction of sp³-hybridized carbons (Fsp3) is 0.647. The zero-order valence-electron chi connectivity index (χ0n) is 16.8. The summed E-state index contributed by atoms with van der Waals surface area (Å²) in [6.45, 7) is 1.38. The number of benzene rings is 1. The van der Waals surface area contributed by atoms with Crippen LogP contribution in [0.25, 0.3) is 0 Å². The Hall–Kier alpha value is -2.01. The van der Waals surface area contributed by atoms with Gasteiger partial charge in [0, 0.05) is 0 Å². The molecule has 0 bridgehead atoms. The summed E-state index contributed by atoms with van der Waals surface area (Å²) in [7, 11) is 0. The summed E-state index contributed by atoms with van der Waals surface area (Å²) in [6.07, 6.45) is -6.71. The molecule has 0 saturated carbocycles. The summed E-state index contributed by atoms with van der Waals surface area (Å²) in [5.74, 6) is -56.3. The van der Waals surface area contributed by atoms with Crippen molar-refractivity contribution in [2.45, 2.75) is 68.3 Å². The van der Waals surface area contributed by atoms with Crippen molar-refractivity contribution in [2.75, 3.05) is 0 Å². The molecular formula is C17H12F17N. The van der Waals surface area contributed by atoms with Crippen LogP contribution < -0.4 is 0 Å². The summed E-state index contributed by atoms with van der Waals surface area (Å²) in [5, 5.41) is -3.98. The maximum absolute atomic E-state index is 14.6. The van der Waals surface area contributed by atoms with Gasteiger partial charge in [-0.1, -0.05) is 35.1 Å². The van der Waals surface area contributed by atoms with Crippen LogP contribution in [0.2, 0.25) is 0 Å². The number of halogens is 17. The number of nitrogens with zero attached hydrogens (tertiary/aromatic N) is 1. The van der Waals surface area contributed by atoms with Crippen LogP contribution in [0.3, 0.4) is 0 Å². The second-order valence-corrected chi connectivity index (χ2v) is 7.11. The minimum atomic E-state index is -8.13. The summed E-state index contributed by atoms with van der Waals surface area (Å²) in [5.41, 5.74) is -4.11. The first-order valence-corrected chi connectivity index (χ1v) is 9.08. The maximum Gasteiger partial charge on any atom is 0.383 e. The number of alkyl halides is 10. The van der Waals surface area contributed by atoms with Crippen LogP contribution in [0.5, 0.6) is 0 Å². The quantitative estimate of drug-likeness (QED) is 0.0670. The molecule has 2 atom stereocenters. The van der Waals surface area contributed by atoms with Crippen LogP contribution in [-0.4, -0.2) is 35.2 Å². The lowest BCUT2D eigenvalue weighted by Crippen LogP contribution is -2.70. The largest absolute Gasteiger partial charge is 0.383 e. The van der Waals surface area contributed by atoms with Gasteiger partial charge >= 0.3 is 29.5 Å². The van der Waals surface area contributed by atoms with Crippen molar-refractivity contribution in [1.82, 2.24) is 5.34 Å².